The first-order chi connectivity index (χ1) is 17.8. The zero-order valence-corrected chi connectivity index (χ0v) is 21.1. The van der Waals surface area contributed by atoms with Crippen molar-refractivity contribution in [3.8, 4) is 0 Å². The fourth-order valence-electron chi connectivity index (χ4n) is 3.74. The van der Waals surface area contributed by atoms with Crippen LogP contribution in [0, 0.1) is 24.6 Å². The summed E-state index contributed by atoms with van der Waals surface area (Å²) in [5.74, 6) is -3.93. The number of nitrogens with zero attached hydrogens (tertiary/aromatic N) is 1. The molecule has 4 rings (SSSR count). The van der Waals surface area contributed by atoms with Crippen LogP contribution in [0.3, 0.4) is 0 Å². The number of aliphatic imine (C=N–C) groups is 1. The van der Waals surface area contributed by atoms with E-state index in [9.17, 15) is 31.9 Å². The van der Waals surface area contributed by atoms with Gasteiger partial charge in [-0.05, 0) is 31.4 Å². The molecule has 1 aliphatic carbocycles. The lowest BCUT2D eigenvalue weighted by atomic mass is 9.97. The molecule has 204 valence electrons. The minimum atomic E-state index is -4.55. The van der Waals surface area contributed by atoms with Crippen LogP contribution < -0.4 is 16.4 Å². The lowest BCUT2D eigenvalue weighted by Gasteiger charge is -2.19. The summed E-state index contributed by atoms with van der Waals surface area (Å²) in [4.78, 5) is 41.2. The summed E-state index contributed by atoms with van der Waals surface area (Å²) in [6.45, 7) is 4.10. The van der Waals surface area contributed by atoms with E-state index in [1.165, 1.54) is 18.9 Å². The number of alkyl halides is 3. The van der Waals surface area contributed by atoms with Gasteiger partial charge in [0.25, 0.3) is 5.91 Å². The minimum Gasteiger partial charge on any atom is -0.370 e. The molecule has 11 heteroatoms. The summed E-state index contributed by atoms with van der Waals surface area (Å²) in [5, 5.41) is 4.66. The van der Waals surface area contributed by atoms with Gasteiger partial charge in [0.2, 0.25) is 18.0 Å². The Hall–Kier alpha value is -3.76. The Morgan fingerprint density at radius 2 is 1.84 bits per heavy atom. The summed E-state index contributed by atoms with van der Waals surface area (Å²) in [5.41, 5.74) is 6.81. The maximum Gasteiger partial charge on any atom is 0.389 e. The van der Waals surface area contributed by atoms with Crippen LogP contribution in [0.1, 0.15) is 55.7 Å². The van der Waals surface area contributed by atoms with Gasteiger partial charge in [0, 0.05) is 29.9 Å². The fourth-order valence-corrected chi connectivity index (χ4v) is 3.74. The fraction of sp³-hybridized carbons (Fsp3) is 0.407. The Labute approximate surface area is 217 Å². The van der Waals surface area contributed by atoms with Gasteiger partial charge in [-0.1, -0.05) is 55.7 Å². The molecular weight excluding hydrogens is 504 g/mol. The van der Waals surface area contributed by atoms with E-state index in [0.29, 0.717) is 5.56 Å². The zero-order valence-electron chi connectivity index (χ0n) is 21.1. The number of carbonyl (C=O) groups is 3. The van der Waals surface area contributed by atoms with E-state index in [2.05, 4.69) is 22.5 Å². The Kier molecular flexibility index (Phi) is 9.24. The van der Waals surface area contributed by atoms with Crippen LogP contribution in [-0.2, 0) is 14.4 Å². The van der Waals surface area contributed by atoms with Crippen molar-refractivity contribution in [3.05, 3.63) is 65.0 Å². The molecule has 0 saturated heterocycles. The van der Waals surface area contributed by atoms with Gasteiger partial charge in [0.1, 0.15) is 5.82 Å². The highest BCUT2D eigenvalue weighted by Gasteiger charge is 2.34. The molecule has 1 saturated carbocycles. The van der Waals surface area contributed by atoms with E-state index in [1.807, 2.05) is 13.0 Å². The molecule has 0 radical (unpaired) electrons. The summed E-state index contributed by atoms with van der Waals surface area (Å²) in [7, 11) is 0. The largest absolute Gasteiger partial charge is 0.389 e. The molecule has 4 N–H and O–H groups in total. The number of nitrogens with one attached hydrogen (secondary N) is 2. The molecule has 2 atom stereocenters. The maximum atomic E-state index is 14.6. The van der Waals surface area contributed by atoms with Gasteiger partial charge in [-0.25, -0.2) is 9.38 Å². The Morgan fingerprint density at radius 3 is 2.42 bits per heavy atom. The topological polar surface area (TPSA) is 114 Å². The molecular formula is C27H30F4N4O3. The van der Waals surface area contributed by atoms with Gasteiger partial charge < -0.3 is 16.4 Å². The second kappa shape index (κ2) is 12.2. The zero-order chi connectivity index (χ0) is 28.0. The van der Waals surface area contributed by atoms with Gasteiger partial charge in [-0.15, -0.1) is 0 Å². The first kappa shape index (κ1) is 28.8. The molecule has 0 bridgehead atoms. The van der Waals surface area contributed by atoms with Crippen LogP contribution in [0.4, 0.5) is 23.2 Å². The van der Waals surface area contributed by atoms with Crippen LogP contribution in [0.15, 0.2) is 47.5 Å². The standard InChI is InChI=1S/C23H22F4N4O3.C4H8/c1-12-4-2-5-13(10-12)18-15-6-3-7-16(24)19(15)30-22(34)20(29-18)31-21(33)14(11-17(28)32)8-9-23(25,26)27;1-4-2-3-4/h2-7,10,14,20H,8-9,11H2,1H3,(H2,28,32)(H,30,34)(H,31,33);4H,2-3H2,1H3. The molecule has 1 heterocycles. The normalized spacial score (nSPS) is 17.6. The SMILES string of the molecule is CC1CC1.Cc1cccc(C2=NC(NC(=O)C(CCC(F)(F)F)CC(N)=O)C(=O)Nc3c(F)cccc32)c1. The second-order valence-corrected chi connectivity index (χ2v) is 9.61. The van der Waals surface area contributed by atoms with Crippen molar-refractivity contribution in [1.29, 1.82) is 0 Å². The van der Waals surface area contributed by atoms with E-state index < -0.39 is 61.1 Å². The number of benzene rings is 2. The van der Waals surface area contributed by atoms with E-state index in [4.69, 9.17) is 5.73 Å². The van der Waals surface area contributed by atoms with Gasteiger partial charge in [0.05, 0.1) is 11.4 Å². The van der Waals surface area contributed by atoms with Gasteiger partial charge >= 0.3 is 6.18 Å². The number of primary amides is 1. The number of aryl methyl sites for hydroxylation is 1. The number of nitrogens with two attached hydrogens (primary N) is 1. The summed E-state index contributed by atoms with van der Waals surface area (Å²) < 4.78 is 52.6. The number of benzodiazepines with no additional fused rings is 1. The van der Waals surface area contributed by atoms with Crippen molar-refractivity contribution in [2.24, 2.45) is 22.6 Å². The van der Waals surface area contributed by atoms with E-state index in [1.54, 1.807) is 24.3 Å². The molecule has 3 amide bonds. The van der Waals surface area contributed by atoms with Crippen LogP contribution in [-0.4, -0.2) is 35.8 Å². The average Bonchev–Trinajstić information content (AvgIpc) is 3.63. The smallest absolute Gasteiger partial charge is 0.370 e. The van der Waals surface area contributed by atoms with Gasteiger partial charge in [-0.3, -0.25) is 14.4 Å². The average molecular weight is 535 g/mol. The predicted molar refractivity (Wildman–Crippen MR) is 135 cm³/mol. The first-order valence-corrected chi connectivity index (χ1v) is 12.2. The third-order valence-corrected chi connectivity index (χ3v) is 6.05. The number of hydrogen-bond acceptors (Lipinski definition) is 4. The highest BCUT2D eigenvalue weighted by Crippen LogP contribution is 2.28. The Bertz CT molecular complexity index is 1230. The van der Waals surface area contributed by atoms with Crippen molar-refractivity contribution in [3.63, 3.8) is 0 Å². The van der Waals surface area contributed by atoms with E-state index >= 15 is 0 Å². The molecule has 2 aromatic rings. The van der Waals surface area contributed by atoms with E-state index in [0.717, 1.165) is 17.5 Å². The molecule has 2 unspecified atom stereocenters. The molecule has 1 aliphatic heterocycles. The number of fused-ring (bicyclic) bond motifs is 1. The highest BCUT2D eigenvalue weighted by molar-refractivity contribution is 6.20. The van der Waals surface area contributed by atoms with Crippen LogP contribution in [0.2, 0.25) is 0 Å². The summed E-state index contributed by atoms with van der Waals surface area (Å²) in [6, 6.07) is 11.1. The lowest BCUT2D eigenvalue weighted by Crippen LogP contribution is -2.45. The molecule has 1 fully saturated rings. The number of hydrogen-bond donors (Lipinski definition) is 3. The number of anilines is 1. The van der Waals surface area contributed by atoms with E-state index in [-0.39, 0.29) is 17.0 Å². The van der Waals surface area contributed by atoms with Crippen LogP contribution in [0.25, 0.3) is 0 Å². The minimum absolute atomic E-state index is 0.143. The molecule has 38 heavy (non-hydrogen) atoms. The van der Waals surface area contributed by atoms with Crippen molar-refractivity contribution < 1.29 is 31.9 Å². The maximum absolute atomic E-state index is 14.6. The number of para-hydroxylation sites is 1. The number of carbonyl (C=O) groups excluding carboxylic acids is 3. The summed E-state index contributed by atoms with van der Waals surface area (Å²) >= 11 is 0. The summed E-state index contributed by atoms with van der Waals surface area (Å²) in [6.07, 6.45) is -5.82. The molecule has 7 nitrogen and oxygen atoms in total. The molecule has 0 aromatic heterocycles. The van der Waals surface area contributed by atoms with Crippen LogP contribution >= 0.6 is 0 Å². The Balaban J connectivity index is 0.000000912. The first-order valence-electron chi connectivity index (χ1n) is 12.2. The quantitative estimate of drug-likeness (QED) is 0.451. The van der Waals surface area contributed by atoms with Gasteiger partial charge in [-0.2, -0.15) is 13.2 Å². The predicted octanol–water partition coefficient (Wildman–Crippen LogP) is 4.62. The van der Waals surface area contributed by atoms with Crippen molar-refractivity contribution in [1.82, 2.24) is 5.32 Å². The number of halogens is 4. The highest BCUT2D eigenvalue weighted by atomic mass is 19.4. The van der Waals surface area contributed by atoms with Crippen molar-refractivity contribution in [2.45, 2.75) is 58.3 Å². The van der Waals surface area contributed by atoms with Gasteiger partial charge in [0.15, 0.2) is 0 Å². The third-order valence-electron chi connectivity index (χ3n) is 6.05. The number of rotatable bonds is 7. The van der Waals surface area contributed by atoms with Crippen molar-refractivity contribution >= 4 is 29.1 Å². The van der Waals surface area contributed by atoms with Crippen LogP contribution in [0.5, 0.6) is 0 Å². The second-order valence-electron chi connectivity index (χ2n) is 9.61. The monoisotopic (exact) mass is 534 g/mol. The Morgan fingerprint density at radius 1 is 1.18 bits per heavy atom. The lowest BCUT2D eigenvalue weighted by molar-refractivity contribution is -0.143. The molecule has 2 aromatic carbocycles. The molecule has 2 aliphatic rings. The molecule has 0 spiro atoms. The van der Waals surface area contributed by atoms with Crippen molar-refractivity contribution in [2.75, 3.05) is 5.32 Å². The third kappa shape index (κ3) is 8.39. The number of amides is 3.